The number of aliphatic carboxylic acids is 1. The molecule has 6 nitrogen and oxygen atoms in total. The number of piperidine rings is 1. The van der Waals surface area contributed by atoms with Crippen molar-refractivity contribution >= 4 is 11.7 Å². The van der Waals surface area contributed by atoms with Crippen LogP contribution in [-0.2, 0) is 4.79 Å². The van der Waals surface area contributed by atoms with Gasteiger partial charge in [-0.05, 0) is 92.1 Å². The number of ether oxygens (including phenoxy) is 2. The molecule has 3 fully saturated rings. The van der Waals surface area contributed by atoms with Gasteiger partial charge in [-0.25, -0.2) is 0 Å². The van der Waals surface area contributed by atoms with Crippen molar-refractivity contribution in [2.24, 2.45) is 11.8 Å². The van der Waals surface area contributed by atoms with Gasteiger partial charge in [0.2, 0.25) is 0 Å². The van der Waals surface area contributed by atoms with Crippen LogP contribution in [0.5, 0.6) is 11.5 Å². The van der Waals surface area contributed by atoms with Gasteiger partial charge in [0, 0.05) is 30.9 Å². The first kappa shape index (κ1) is 31.3. The molecule has 1 aliphatic carbocycles. The number of hydrogen-bond donors (Lipinski definition) is 1. The number of alkyl halides is 5. The van der Waals surface area contributed by atoms with E-state index in [0.29, 0.717) is 44.2 Å². The van der Waals surface area contributed by atoms with Gasteiger partial charge < -0.3 is 19.5 Å². The lowest BCUT2D eigenvalue weighted by molar-refractivity contribution is -0.287. The molecule has 43 heavy (non-hydrogen) atoms. The summed E-state index contributed by atoms with van der Waals surface area (Å²) in [6, 6.07) is 12.6. The van der Waals surface area contributed by atoms with Crippen LogP contribution in [0.2, 0.25) is 0 Å². The highest BCUT2D eigenvalue weighted by atomic mass is 19.4. The van der Waals surface area contributed by atoms with Gasteiger partial charge in [-0.3, -0.25) is 9.69 Å². The summed E-state index contributed by atoms with van der Waals surface area (Å²) in [7, 11) is 1.54. The zero-order chi connectivity index (χ0) is 30.8. The number of benzene rings is 2. The molecule has 0 amide bonds. The monoisotopic (exact) mass is 610 g/mol. The third kappa shape index (κ3) is 7.53. The molecule has 2 aliphatic heterocycles. The zero-order valence-electron chi connectivity index (χ0n) is 24.3. The lowest BCUT2D eigenvalue weighted by atomic mass is 9.91. The third-order valence-corrected chi connectivity index (χ3v) is 9.09. The van der Waals surface area contributed by atoms with E-state index in [1.54, 1.807) is 12.1 Å². The van der Waals surface area contributed by atoms with Gasteiger partial charge in [0.15, 0.2) is 0 Å². The Bertz CT molecular complexity index is 1260. The second kappa shape index (κ2) is 12.9. The fourth-order valence-electron chi connectivity index (χ4n) is 6.55. The number of carbonyl (C=O) groups is 1. The standard InChI is InChI=1S/C32H39F5N2O4/c1-42-24-9-10-26(28-6-3-13-39(28)20-31(33,34)32(35,36)37)29(17-24)38-14-11-21(12-15-38)19-43-25-5-2-4-23(16-25)27(18-30(40)41)22-7-8-22/h2,4-5,9-10,16-17,21-22,27-28H,3,6-8,11-15,18-20H2,1H3,(H,40,41)/t27-,28?/m0/s1. The minimum absolute atomic E-state index is 0.00294. The summed E-state index contributed by atoms with van der Waals surface area (Å²) >= 11 is 0. The Balaban J connectivity index is 1.22. The van der Waals surface area contributed by atoms with Gasteiger partial charge in [-0.15, -0.1) is 0 Å². The number of halogens is 5. The van der Waals surface area contributed by atoms with E-state index in [1.807, 2.05) is 30.3 Å². The van der Waals surface area contributed by atoms with Crippen molar-refractivity contribution in [1.29, 1.82) is 0 Å². The molecule has 1 N–H and O–H groups in total. The molecule has 2 atom stereocenters. The van der Waals surface area contributed by atoms with Gasteiger partial charge in [-0.1, -0.05) is 18.2 Å². The van der Waals surface area contributed by atoms with Gasteiger partial charge in [0.1, 0.15) is 11.5 Å². The molecule has 0 bridgehead atoms. The van der Waals surface area contributed by atoms with Crippen LogP contribution in [0, 0.1) is 11.8 Å². The van der Waals surface area contributed by atoms with Crippen molar-refractivity contribution in [3.05, 3.63) is 53.6 Å². The third-order valence-electron chi connectivity index (χ3n) is 9.09. The number of hydrogen-bond acceptors (Lipinski definition) is 5. The highest BCUT2D eigenvalue weighted by Crippen LogP contribution is 2.46. The maximum Gasteiger partial charge on any atom is 0.454 e. The fraction of sp³-hybridized carbons (Fsp3) is 0.594. The fourth-order valence-corrected chi connectivity index (χ4v) is 6.55. The van der Waals surface area contributed by atoms with E-state index < -0.39 is 30.7 Å². The molecule has 2 saturated heterocycles. The van der Waals surface area contributed by atoms with Crippen molar-refractivity contribution in [3.8, 4) is 11.5 Å². The Morgan fingerprint density at radius 3 is 2.37 bits per heavy atom. The van der Waals surface area contributed by atoms with Crippen LogP contribution in [0.25, 0.3) is 0 Å². The minimum atomic E-state index is -5.59. The lowest BCUT2D eigenvalue weighted by Gasteiger charge is -2.37. The van der Waals surface area contributed by atoms with E-state index >= 15 is 0 Å². The first-order valence-corrected chi connectivity index (χ1v) is 15.0. The number of anilines is 1. The largest absolute Gasteiger partial charge is 0.497 e. The van der Waals surface area contributed by atoms with Crippen LogP contribution in [-0.4, -0.2) is 68.0 Å². The summed E-state index contributed by atoms with van der Waals surface area (Å²) in [5, 5.41) is 9.35. The molecule has 0 radical (unpaired) electrons. The molecule has 2 aromatic rings. The molecule has 2 heterocycles. The molecular weight excluding hydrogens is 571 g/mol. The molecule has 2 aromatic carbocycles. The summed E-state index contributed by atoms with van der Waals surface area (Å²) in [5.41, 5.74) is 2.55. The molecular formula is C32H39F5N2O4. The first-order valence-electron chi connectivity index (χ1n) is 15.0. The Morgan fingerprint density at radius 1 is 0.977 bits per heavy atom. The van der Waals surface area contributed by atoms with Crippen molar-refractivity contribution in [1.82, 2.24) is 4.90 Å². The second-order valence-corrected chi connectivity index (χ2v) is 12.1. The maximum absolute atomic E-state index is 14.0. The van der Waals surface area contributed by atoms with E-state index in [-0.39, 0.29) is 24.8 Å². The molecule has 1 unspecified atom stereocenters. The molecule has 236 valence electrons. The molecule has 0 aromatic heterocycles. The van der Waals surface area contributed by atoms with Crippen LogP contribution in [0.15, 0.2) is 42.5 Å². The molecule has 0 spiro atoms. The lowest BCUT2D eigenvalue weighted by Crippen LogP contribution is -2.47. The molecule has 3 aliphatic rings. The zero-order valence-corrected chi connectivity index (χ0v) is 24.3. The summed E-state index contributed by atoms with van der Waals surface area (Å²) in [4.78, 5) is 14.8. The summed E-state index contributed by atoms with van der Waals surface area (Å²) < 4.78 is 78.6. The molecule has 5 rings (SSSR count). The van der Waals surface area contributed by atoms with E-state index in [9.17, 15) is 31.9 Å². The summed E-state index contributed by atoms with van der Waals surface area (Å²) in [6.07, 6.45) is -0.688. The number of methoxy groups -OCH3 is 1. The first-order chi connectivity index (χ1) is 20.4. The minimum Gasteiger partial charge on any atom is -0.497 e. The molecule has 11 heteroatoms. The Morgan fingerprint density at radius 2 is 1.72 bits per heavy atom. The van der Waals surface area contributed by atoms with Gasteiger partial charge in [-0.2, -0.15) is 22.0 Å². The topological polar surface area (TPSA) is 62.2 Å². The number of carboxylic acids is 1. The Labute approximate surface area is 248 Å². The van der Waals surface area contributed by atoms with E-state index in [1.165, 1.54) is 12.0 Å². The van der Waals surface area contributed by atoms with E-state index in [2.05, 4.69) is 4.90 Å². The predicted molar refractivity (Wildman–Crippen MR) is 152 cm³/mol. The highest BCUT2D eigenvalue weighted by molar-refractivity contribution is 5.68. The molecule has 1 saturated carbocycles. The summed E-state index contributed by atoms with van der Waals surface area (Å²) in [5.74, 6) is -3.57. The Kier molecular flexibility index (Phi) is 9.39. The van der Waals surface area contributed by atoms with Crippen molar-refractivity contribution in [2.75, 3.05) is 44.8 Å². The predicted octanol–water partition coefficient (Wildman–Crippen LogP) is 7.29. The normalized spacial score (nSPS) is 21.2. The van der Waals surface area contributed by atoms with Gasteiger partial charge in [0.05, 0.1) is 26.7 Å². The van der Waals surface area contributed by atoms with Crippen molar-refractivity contribution in [3.63, 3.8) is 0 Å². The number of rotatable bonds is 12. The smallest absolute Gasteiger partial charge is 0.454 e. The van der Waals surface area contributed by atoms with Gasteiger partial charge >= 0.3 is 18.1 Å². The maximum atomic E-state index is 14.0. The van der Waals surface area contributed by atoms with Gasteiger partial charge in [0.25, 0.3) is 0 Å². The van der Waals surface area contributed by atoms with Crippen molar-refractivity contribution in [2.45, 2.75) is 69.0 Å². The highest BCUT2D eigenvalue weighted by Gasteiger charge is 2.58. The van der Waals surface area contributed by atoms with Crippen LogP contribution in [0.1, 0.15) is 68.0 Å². The van der Waals surface area contributed by atoms with Crippen LogP contribution in [0.3, 0.4) is 0 Å². The quantitative estimate of drug-likeness (QED) is 0.255. The average molecular weight is 611 g/mol. The van der Waals surface area contributed by atoms with Crippen LogP contribution in [0.4, 0.5) is 27.6 Å². The second-order valence-electron chi connectivity index (χ2n) is 12.1. The van der Waals surface area contributed by atoms with E-state index in [0.717, 1.165) is 48.2 Å². The average Bonchev–Trinajstić information content (AvgIpc) is 3.72. The van der Waals surface area contributed by atoms with E-state index in [4.69, 9.17) is 9.47 Å². The summed E-state index contributed by atoms with van der Waals surface area (Å²) in [6.45, 7) is 0.702. The SMILES string of the molecule is COc1ccc(C2CCCN2CC(F)(F)C(F)(F)F)c(N2CCC(COc3cccc([C@@H](CC(=O)O)C4CC4)c3)CC2)c1. The number of likely N-dealkylation sites (tertiary alicyclic amines) is 1. The number of carboxylic acid groups (broad SMARTS) is 1. The Hall–Kier alpha value is -3.08. The van der Waals surface area contributed by atoms with Crippen molar-refractivity contribution < 1.29 is 41.3 Å². The van der Waals surface area contributed by atoms with Crippen LogP contribution >= 0.6 is 0 Å². The number of nitrogens with zero attached hydrogens (tertiary/aromatic N) is 2. The van der Waals surface area contributed by atoms with Crippen LogP contribution < -0.4 is 14.4 Å².